The molecular formula is C14H18O. The number of hydrogen-bond donors (Lipinski definition) is 0. The Morgan fingerprint density at radius 2 is 1.33 bits per heavy atom. The van der Waals surface area contributed by atoms with E-state index in [0.29, 0.717) is 0 Å². The van der Waals surface area contributed by atoms with E-state index in [4.69, 9.17) is 4.74 Å². The van der Waals surface area contributed by atoms with Gasteiger partial charge in [-0.2, -0.15) is 0 Å². The van der Waals surface area contributed by atoms with Gasteiger partial charge in [-0.05, 0) is 62.5 Å². The van der Waals surface area contributed by atoms with E-state index in [9.17, 15) is 0 Å². The van der Waals surface area contributed by atoms with Crippen molar-refractivity contribution in [3.63, 3.8) is 0 Å². The van der Waals surface area contributed by atoms with Gasteiger partial charge < -0.3 is 4.74 Å². The molecule has 0 radical (unpaired) electrons. The molecule has 0 N–H and O–H groups in total. The van der Waals surface area contributed by atoms with Crippen LogP contribution in [0.25, 0.3) is 0 Å². The highest BCUT2D eigenvalue weighted by atomic mass is 16.5. The van der Waals surface area contributed by atoms with Gasteiger partial charge in [-0.15, -0.1) is 0 Å². The summed E-state index contributed by atoms with van der Waals surface area (Å²) in [7, 11) is 0. The Bertz CT molecular complexity index is 318. The maximum absolute atomic E-state index is 6.16. The third kappa shape index (κ3) is 1.22. The molecule has 4 aliphatic rings. The molecule has 2 fully saturated rings. The predicted octanol–water partition coefficient (Wildman–Crippen LogP) is 3.63. The molecule has 4 atom stereocenters. The van der Waals surface area contributed by atoms with Gasteiger partial charge in [0.25, 0.3) is 0 Å². The summed E-state index contributed by atoms with van der Waals surface area (Å²) >= 11 is 0. The fourth-order valence-corrected chi connectivity index (χ4v) is 3.96. The fourth-order valence-electron chi connectivity index (χ4n) is 3.96. The summed E-state index contributed by atoms with van der Waals surface area (Å²) in [6.07, 6.45) is 13.1. The summed E-state index contributed by atoms with van der Waals surface area (Å²) in [5, 5.41) is 0. The molecule has 0 amide bonds. The standard InChI is InChI=1S/C14H18O/c1-3-11-5-9(1)7-13(11)15-14-8-10-2-4-12(14)6-10/h7-12H,1-6H2. The van der Waals surface area contributed by atoms with E-state index in [1.807, 2.05) is 0 Å². The minimum absolute atomic E-state index is 0.773. The largest absolute Gasteiger partial charge is 0.466 e. The topological polar surface area (TPSA) is 9.23 Å². The quantitative estimate of drug-likeness (QED) is 0.664. The van der Waals surface area contributed by atoms with E-state index in [-0.39, 0.29) is 0 Å². The van der Waals surface area contributed by atoms with E-state index < -0.39 is 0 Å². The number of allylic oxidation sites excluding steroid dienone is 4. The van der Waals surface area contributed by atoms with Gasteiger partial charge in [0.05, 0.1) is 0 Å². The van der Waals surface area contributed by atoms with E-state index in [0.717, 1.165) is 23.7 Å². The van der Waals surface area contributed by atoms with Crippen molar-refractivity contribution in [1.82, 2.24) is 0 Å². The first-order chi connectivity index (χ1) is 7.38. The van der Waals surface area contributed by atoms with Crippen molar-refractivity contribution < 1.29 is 4.74 Å². The minimum atomic E-state index is 0.773. The van der Waals surface area contributed by atoms with Crippen LogP contribution in [0.4, 0.5) is 0 Å². The summed E-state index contributed by atoms with van der Waals surface area (Å²) in [6.45, 7) is 0. The predicted molar refractivity (Wildman–Crippen MR) is 58.9 cm³/mol. The molecule has 0 aliphatic heterocycles. The lowest BCUT2D eigenvalue weighted by Gasteiger charge is -2.19. The van der Waals surface area contributed by atoms with Crippen LogP contribution in [0.2, 0.25) is 0 Å². The Morgan fingerprint density at radius 3 is 1.67 bits per heavy atom. The third-order valence-electron chi connectivity index (χ3n) is 4.79. The van der Waals surface area contributed by atoms with Crippen molar-refractivity contribution in [3.05, 3.63) is 23.7 Å². The smallest absolute Gasteiger partial charge is 0.103 e. The summed E-state index contributed by atoms with van der Waals surface area (Å²) in [5.41, 5.74) is 0. The zero-order chi connectivity index (χ0) is 9.83. The fraction of sp³-hybridized carbons (Fsp3) is 0.714. The monoisotopic (exact) mass is 202 g/mol. The molecule has 4 unspecified atom stereocenters. The Morgan fingerprint density at radius 1 is 0.800 bits per heavy atom. The molecule has 4 aliphatic carbocycles. The molecule has 0 saturated heterocycles. The summed E-state index contributed by atoms with van der Waals surface area (Å²) in [6, 6.07) is 0. The van der Waals surface area contributed by atoms with Crippen molar-refractivity contribution in [2.45, 2.75) is 38.5 Å². The van der Waals surface area contributed by atoms with Crippen molar-refractivity contribution in [1.29, 1.82) is 0 Å². The average Bonchev–Trinajstić information content (AvgIpc) is 2.96. The van der Waals surface area contributed by atoms with E-state index in [2.05, 4.69) is 12.2 Å². The normalized spacial score (nSPS) is 45.9. The number of fused-ring (bicyclic) bond motifs is 4. The van der Waals surface area contributed by atoms with E-state index in [1.54, 1.807) is 0 Å². The molecule has 4 rings (SSSR count). The second-order valence-corrected chi connectivity index (χ2v) is 5.78. The molecule has 0 heterocycles. The van der Waals surface area contributed by atoms with Gasteiger partial charge in [-0.1, -0.05) is 0 Å². The van der Waals surface area contributed by atoms with Gasteiger partial charge >= 0.3 is 0 Å². The van der Waals surface area contributed by atoms with Crippen molar-refractivity contribution in [2.75, 3.05) is 0 Å². The second-order valence-electron chi connectivity index (χ2n) is 5.78. The molecule has 80 valence electrons. The average molecular weight is 202 g/mol. The molecule has 2 saturated carbocycles. The van der Waals surface area contributed by atoms with Gasteiger partial charge in [0, 0.05) is 11.8 Å². The molecule has 4 bridgehead atoms. The summed E-state index contributed by atoms with van der Waals surface area (Å²) in [5.74, 6) is 5.90. The molecule has 0 aromatic rings. The van der Waals surface area contributed by atoms with Crippen molar-refractivity contribution in [3.8, 4) is 0 Å². The molecule has 0 aromatic carbocycles. The van der Waals surface area contributed by atoms with Gasteiger partial charge in [0.15, 0.2) is 0 Å². The van der Waals surface area contributed by atoms with Crippen LogP contribution < -0.4 is 0 Å². The van der Waals surface area contributed by atoms with Crippen LogP contribution in [0, 0.1) is 23.7 Å². The lowest BCUT2D eigenvalue weighted by atomic mass is 10.0. The van der Waals surface area contributed by atoms with E-state index >= 15 is 0 Å². The molecule has 0 aromatic heterocycles. The first kappa shape index (κ1) is 8.43. The number of ether oxygens (including phenoxy) is 1. The summed E-state index contributed by atoms with van der Waals surface area (Å²) in [4.78, 5) is 0. The van der Waals surface area contributed by atoms with Gasteiger partial charge in [0.1, 0.15) is 11.5 Å². The molecular weight excluding hydrogens is 184 g/mol. The lowest BCUT2D eigenvalue weighted by molar-refractivity contribution is 0.224. The van der Waals surface area contributed by atoms with Crippen LogP contribution >= 0.6 is 0 Å². The first-order valence-corrected chi connectivity index (χ1v) is 6.50. The highest BCUT2D eigenvalue weighted by Gasteiger charge is 2.38. The Hall–Kier alpha value is -0.720. The van der Waals surface area contributed by atoms with Crippen molar-refractivity contribution >= 4 is 0 Å². The first-order valence-electron chi connectivity index (χ1n) is 6.50. The lowest BCUT2D eigenvalue weighted by Crippen LogP contribution is -2.06. The van der Waals surface area contributed by atoms with Crippen LogP contribution in [0.3, 0.4) is 0 Å². The van der Waals surface area contributed by atoms with Crippen molar-refractivity contribution in [2.24, 2.45) is 23.7 Å². The van der Waals surface area contributed by atoms with Crippen LogP contribution in [0.1, 0.15) is 38.5 Å². The number of hydrogen-bond acceptors (Lipinski definition) is 1. The summed E-state index contributed by atoms with van der Waals surface area (Å²) < 4.78 is 6.16. The Balaban J connectivity index is 1.53. The highest BCUT2D eigenvalue weighted by Crippen LogP contribution is 2.49. The minimum Gasteiger partial charge on any atom is -0.466 e. The highest BCUT2D eigenvalue weighted by molar-refractivity contribution is 5.21. The van der Waals surface area contributed by atoms with E-state index in [1.165, 1.54) is 50.0 Å². The van der Waals surface area contributed by atoms with Crippen LogP contribution in [-0.4, -0.2) is 0 Å². The molecule has 1 heteroatoms. The Labute approximate surface area is 91.2 Å². The zero-order valence-electron chi connectivity index (χ0n) is 9.11. The molecule has 1 nitrogen and oxygen atoms in total. The molecule has 15 heavy (non-hydrogen) atoms. The zero-order valence-corrected chi connectivity index (χ0v) is 9.11. The van der Waals surface area contributed by atoms with Gasteiger partial charge in [-0.25, -0.2) is 0 Å². The second kappa shape index (κ2) is 2.90. The maximum atomic E-state index is 6.16. The third-order valence-corrected chi connectivity index (χ3v) is 4.79. The van der Waals surface area contributed by atoms with Crippen LogP contribution in [0.5, 0.6) is 0 Å². The maximum Gasteiger partial charge on any atom is 0.103 e. The van der Waals surface area contributed by atoms with Crippen LogP contribution in [-0.2, 0) is 4.74 Å². The van der Waals surface area contributed by atoms with Crippen LogP contribution in [0.15, 0.2) is 23.7 Å². The molecule has 0 spiro atoms. The van der Waals surface area contributed by atoms with Gasteiger partial charge in [-0.3, -0.25) is 0 Å². The van der Waals surface area contributed by atoms with Gasteiger partial charge in [0.2, 0.25) is 0 Å². The number of rotatable bonds is 2. The SMILES string of the molecule is C1=C(OC2=CC3CCC2C3)C2CCC1C2. The Kier molecular flexibility index (Phi) is 1.63.